The summed E-state index contributed by atoms with van der Waals surface area (Å²) >= 11 is 0. The minimum Gasteiger partial charge on any atom is -0.490 e. The summed E-state index contributed by atoms with van der Waals surface area (Å²) in [4.78, 5) is 14.6. The molecule has 1 fully saturated rings. The van der Waals surface area contributed by atoms with Crippen LogP contribution in [0.3, 0.4) is 0 Å². The molecule has 1 aliphatic rings. The zero-order chi connectivity index (χ0) is 19.9. The SMILES string of the molecule is CC(C)c1ccc(CCC(=O)Nc2ccc(OC3CCN(C)CC3)cc2)cc1. The normalized spacial score (nSPS) is 15.6. The van der Waals surface area contributed by atoms with Gasteiger partial charge in [0.1, 0.15) is 11.9 Å². The van der Waals surface area contributed by atoms with Crippen LogP contribution in [0.4, 0.5) is 5.69 Å². The molecule has 2 aromatic rings. The fourth-order valence-corrected chi connectivity index (χ4v) is 3.46. The van der Waals surface area contributed by atoms with Gasteiger partial charge in [-0.3, -0.25) is 4.79 Å². The van der Waals surface area contributed by atoms with Crippen molar-refractivity contribution in [1.29, 1.82) is 0 Å². The van der Waals surface area contributed by atoms with Gasteiger partial charge in [-0.25, -0.2) is 0 Å². The van der Waals surface area contributed by atoms with E-state index in [1.807, 2.05) is 24.3 Å². The van der Waals surface area contributed by atoms with Crippen LogP contribution in [-0.2, 0) is 11.2 Å². The fourth-order valence-electron chi connectivity index (χ4n) is 3.46. The highest BCUT2D eigenvalue weighted by Gasteiger charge is 2.17. The van der Waals surface area contributed by atoms with Crippen molar-refractivity contribution in [2.45, 2.75) is 51.6 Å². The van der Waals surface area contributed by atoms with Crippen molar-refractivity contribution in [2.75, 3.05) is 25.5 Å². The largest absolute Gasteiger partial charge is 0.490 e. The Hall–Kier alpha value is -2.33. The number of hydrogen-bond donors (Lipinski definition) is 1. The minimum absolute atomic E-state index is 0.0388. The summed E-state index contributed by atoms with van der Waals surface area (Å²) in [5, 5.41) is 2.98. The number of ether oxygens (including phenoxy) is 1. The average molecular weight is 381 g/mol. The van der Waals surface area contributed by atoms with Crippen LogP contribution in [0, 0.1) is 0 Å². The second kappa shape index (κ2) is 9.74. The summed E-state index contributed by atoms with van der Waals surface area (Å²) in [6, 6.07) is 16.3. The molecule has 0 radical (unpaired) electrons. The van der Waals surface area contributed by atoms with E-state index in [2.05, 4.69) is 55.4 Å². The van der Waals surface area contributed by atoms with E-state index in [-0.39, 0.29) is 5.91 Å². The predicted octanol–water partition coefficient (Wildman–Crippen LogP) is 4.85. The van der Waals surface area contributed by atoms with Crippen molar-refractivity contribution in [1.82, 2.24) is 4.90 Å². The molecule has 1 saturated heterocycles. The Morgan fingerprint density at radius 3 is 2.32 bits per heavy atom. The Balaban J connectivity index is 1.43. The molecule has 0 spiro atoms. The summed E-state index contributed by atoms with van der Waals surface area (Å²) in [6.45, 7) is 6.54. The molecule has 1 amide bonds. The van der Waals surface area contributed by atoms with Crippen LogP contribution in [0.1, 0.15) is 50.2 Å². The lowest BCUT2D eigenvalue weighted by atomic mass is 10.0. The Kier molecular flexibility index (Phi) is 7.10. The first-order valence-electron chi connectivity index (χ1n) is 10.3. The van der Waals surface area contributed by atoms with Gasteiger partial charge in [-0.1, -0.05) is 38.1 Å². The number of carbonyl (C=O) groups is 1. The number of carbonyl (C=O) groups excluding carboxylic acids is 1. The van der Waals surface area contributed by atoms with Crippen LogP contribution in [0.5, 0.6) is 5.75 Å². The van der Waals surface area contributed by atoms with E-state index in [4.69, 9.17) is 4.74 Å². The molecule has 1 N–H and O–H groups in total. The lowest BCUT2D eigenvalue weighted by molar-refractivity contribution is -0.116. The van der Waals surface area contributed by atoms with Crippen molar-refractivity contribution < 1.29 is 9.53 Å². The first-order valence-corrected chi connectivity index (χ1v) is 10.3. The summed E-state index contributed by atoms with van der Waals surface area (Å²) in [5.41, 5.74) is 3.34. The molecule has 4 heteroatoms. The van der Waals surface area contributed by atoms with Crippen LogP contribution < -0.4 is 10.1 Å². The number of benzene rings is 2. The number of nitrogens with zero attached hydrogens (tertiary/aromatic N) is 1. The Morgan fingerprint density at radius 2 is 1.71 bits per heavy atom. The molecule has 0 saturated carbocycles. The molecule has 3 rings (SSSR count). The zero-order valence-corrected chi connectivity index (χ0v) is 17.3. The van der Waals surface area contributed by atoms with Crippen molar-refractivity contribution in [3.8, 4) is 5.75 Å². The highest BCUT2D eigenvalue weighted by Crippen LogP contribution is 2.21. The monoisotopic (exact) mass is 380 g/mol. The molecule has 0 aliphatic carbocycles. The topological polar surface area (TPSA) is 41.6 Å². The van der Waals surface area contributed by atoms with E-state index in [0.717, 1.165) is 43.8 Å². The van der Waals surface area contributed by atoms with E-state index < -0.39 is 0 Å². The third-order valence-electron chi connectivity index (χ3n) is 5.39. The van der Waals surface area contributed by atoms with Crippen molar-refractivity contribution in [3.63, 3.8) is 0 Å². The first kappa shape index (κ1) is 20.4. The number of anilines is 1. The van der Waals surface area contributed by atoms with Gasteiger partial charge >= 0.3 is 0 Å². The maximum atomic E-state index is 12.2. The minimum atomic E-state index is 0.0388. The Bertz CT molecular complexity index is 745. The summed E-state index contributed by atoms with van der Waals surface area (Å²) in [7, 11) is 2.15. The van der Waals surface area contributed by atoms with Crippen LogP contribution in [0.2, 0.25) is 0 Å². The third-order valence-corrected chi connectivity index (χ3v) is 5.39. The highest BCUT2D eigenvalue weighted by molar-refractivity contribution is 5.90. The van der Waals surface area contributed by atoms with Crippen LogP contribution in [0.15, 0.2) is 48.5 Å². The van der Waals surface area contributed by atoms with Crippen molar-refractivity contribution >= 4 is 11.6 Å². The number of amides is 1. The molecule has 28 heavy (non-hydrogen) atoms. The molecule has 0 unspecified atom stereocenters. The molecular weight excluding hydrogens is 348 g/mol. The maximum Gasteiger partial charge on any atom is 0.224 e. The van der Waals surface area contributed by atoms with Crippen LogP contribution >= 0.6 is 0 Å². The quantitative estimate of drug-likeness (QED) is 0.746. The highest BCUT2D eigenvalue weighted by atomic mass is 16.5. The summed E-state index contributed by atoms with van der Waals surface area (Å²) in [6.07, 6.45) is 3.65. The van der Waals surface area contributed by atoms with Gasteiger partial charge in [-0.05, 0) is 67.6 Å². The van der Waals surface area contributed by atoms with Gasteiger partial charge < -0.3 is 15.0 Å². The maximum absolute atomic E-state index is 12.2. The fraction of sp³-hybridized carbons (Fsp3) is 0.458. The van der Waals surface area contributed by atoms with Gasteiger partial charge in [0, 0.05) is 25.2 Å². The van der Waals surface area contributed by atoms with E-state index >= 15 is 0 Å². The number of aryl methyl sites for hydroxylation is 1. The molecule has 0 bridgehead atoms. The Morgan fingerprint density at radius 1 is 1.07 bits per heavy atom. The standard InChI is InChI=1S/C24H32N2O2/c1-18(2)20-7-4-19(5-8-20)6-13-24(27)25-21-9-11-22(12-10-21)28-23-14-16-26(3)17-15-23/h4-5,7-12,18,23H,6,13-17H2,1-3H3,(H,25,27). The molecule has 150 valence electrons. The zero-order valence-electron chi connectivity index (χ0n) is 17.3. The van der Waals surface area contributed by atoms with Crippen LogP contribution in [-0.4, -0.2) is 37.0 Å². The number of rotatable bonds is 7. The van der Waals surface area contributed by atoms with Gasteiger partial charge in [0.25, 0.3) is 0 Å². The van der Waals surface area contributed by atoms with Gasteiger partial charge in [-0.2, -0.15) is 0 Å². The second-order valence-electron chi connectivity index (χ2n) is 8.09. The number of hydrogen-bond acceptors (Lipinski definition) is 3. The molecule has 2 aromatic carbocycles. The van der Waals surface area contributed by atoms with E-state index in [1.54, 1.807) is 0 Å². The number of likely N-dealkylation sites (tertiary alicyclic amines) is 1. The van der Waals surface area contributed by atoms with Gasteiger partial charge in [0.15, 0.2) is 0 Å². The molecule has 1 aliphatic heterocycles. The molecule has 4 nitrogen and oxygen atoms in total. The van der Waals surface area contributed by atoms with E-state index in [1.165, 1.54) is 11.1 Å². The first-order chi connectivity index (χ1) is 13.5. The number of nitrogens with one attached hydrogen (secondary N) is 1. The molecule has 1 heterocycles. The Labute approximate surface area is 168 Å². The van der Waals surface area contributed by atoms with Crippen molar-refractivity contribution in [2.24, 2.45) is 0 Å². The predicted molar refractivity (Wildman–Crippen MR) is 115 cm³/mol. The molecular formula is C24H32N2O2. The van der Waals surface area contributed by atoms with Gasteiger partial charge in [0.2, 0.25) is 5.91 Å². The lowest BCUT2D eigenvalue weighted by Gasteiger charge is -2.29. The average Bonchev–Trinajstić information content (AvgIpc) is 2.70. The lowest BCUT2D eigenvalue weighted by Crippen LogP contribution is -2.35. The van der Waals surface area contributed by atoms with E-state index in [0.29, 0.717) is 18.4 Å². The second-order valence-corrected chi connectivity index (χ2v) is 8.09. The van der Waals surface area contributed by atoms with Gasteiger partial charge in [0.05, 0.1) is 0 Å². The molecule has 0 aromatic heterocycles. The smallest absolute Gasteiger partial charge is 0.224 e. The van der Waals surface area contributed by atoms with Crippen LogP contribution in [0.25, 0.3) is 0 Å². The van der Waals surface area contributed by atoms with E-state index in [9.17, 15) is 4.79 Å². The summed E-state index contributed by atoms with van der Waals surface area (Å²) in [5.74, 6) is 1.44. The van der Waals surface area contributed by atoms with Crippen molar-refractivity contribution in [3.05, 3.63) is 59.7 Å². The third kappa shape index (κ3) is 6.10. The summed E-state index contributed by atoms with van der Waals surface area (Å²) < 4.78 is 6.06. The molecule has 0 atom stereocenters. The van der Waals surface area contributed by atoms with Gasteiger partial charge in [-0.15, -0.1) is 0 Å². The number of piperidine rings is 1.